The van der Waals surface area contributed by atoms with Crippen molar-refractivity contribution in [3.63, 3.8) is 0 Å². The predicted molar refractivity (Wildman–Crippen MR) is 57.9 cm³/mol. The second kappa shape index (κ2) is 3.79. The standard InChI is InChI=1S/C11H14BrF/c1-11(2,3)9-6-4-8(5-7-9)10(12)13/h4-7,10H,1-3H3. The van der Waals surface area contributed by atoms with E-state index >= 15 is 0 Å². The summed E-state index contributed by atoms with van der Waals surface area (Å²) in [6, 6.07) is 7.59. The molecule has 0 nitrogen and oxygen atoms in total. The van der Waals surface area contributed by atoms with Crippen molar-refractivity contribution in [2.75, 3.05) is 0 Å². The summed E-state index contributed by atoms with van der Waals surface area (Å²) < 4.78 is 12.8. The Balaban J connectivity index is 2.94. The van der Waals surface area contributed by atoms with E-state index in [1.807, 2.05) is 24.3 Å². The van der Waals surface area contributed by atoms with Gasteiger partial charge in [-0.1, -0.05) is 45.0 Å². The summed E-state index contributed by atoms with van der Waals surface area (Å²) in [5, 5.41) is -1.05. The molecule has 0 N–H and O–H groups in total. The molecule has 1 aromatic carbocycles. The first kappa shape index (κ1) is 10.7. The Labute approximate surface area is 87.3 Å². The minimum Gasteiger partial charge on any atom is -0.230 e. The van der Waals surface area contributed by atoms with Crippen molar-refractivity contribution in [2.45, 2.75) is 31.3 Å². The zero-order valence-corrected chi connectivity index (χ0v) is 9.73. The van der Waals surface area contributed by atoms with Crippen LogP contribution in [0.25, 0.3) is 0 Å². The Morgan fingerprint density at radius 1 is 1.15 bits per heavy atom. The van der Waals surface area contributed by atoms with Gasteiger partial charge in [0, 0.05) is 0 Å². The lowest BCUT2D eigenvalue weighted by molar-refractivity contribution is 0.478. The molecule has 0 aromatic heterocycles. The maximum Gasteiger partial charge on any atom is 0.180 e. The van der Waals surface area contributed by atoms with E-state index in [2.05, 4.69) is 36.7 Å². The van der Waals surface area contributed by atoms with Crippen molar-refractivity contribution in [2.24, 2.45) is 0 Å². The lowest BCUT2D eigenvalue weighted by Gasteiger charge is -2.19. The van der Waals surface area contributed by atoms with Crippen LogP contribution in [0, 0.1) is 0 Å². The van der Waals surface area contributed by atoms with Crippen LogP contribution in [0.4, 0.5) is 4.39 Å². The summed E-state index contributed by atoms with van der Waals surface area (Å²) in [5.41, 5.74) is 2.04. The molecule has 0 heterocycles. The zero-order chi connectivity index (χ0) is 10.1. The summed E-state index contributed by atoms with van der Waals surface area (Å²) in [6.45, 7) is 6.43. The van der Waals surface area contributed by atoms with Gasteiger partial charge in [-0.15, -0.1) is 0 Å². The van der Waals surface area contributed by atoms with Crippen molar-refractivity contribution >= 4 is 15.9 Å². The van der Waals surface area contributed by atoms with Crippen molar-refractivity contribution in [3.8, 4) is 0 Å². The minimum absolute atomic E-state index is 0.136. The molecule has 1 aromatic rings. The lowest BCUT2D eigenvalue weighted by atomic mass is 9.87. The molecular formula is C11H14BrF. The van der Waals surface area contributed by atoms with E-state index in [4.69, 9.17) is 0 Å². The van der Waals surface area contributed by atoms with Gasteiger partial charge >= 0.3 is 0 Å². The van der Waals surface area contributed by atoms with Crippen molar-refractivity contribution < 1.29 is 4.39 Å². The van der Waals surface area contributed by atoms with E-state index in [-0.39, 0.29) is 5.41 Å². The summed E-state index contributed by atoms with van der Waals surface area (Å²) in [5.74, 6) is 0. The van der Waals surface area contributed by atoms with Crippen LogP contribution in [0.3, 0.4) is 0 Å². The first-order valence-corrected chi connectivity index (χ1v) is 5.21. The summed E-state index contributed by atoms with van der Waals surface area (Å²) >= 11 is 2.89. The Kier molecular flexibility index (Phi) is 3.12. The highest BCUT2D eigenvalue weighted by Gasteiger charge is 2.13. The van der Waals surface area contributed by atoms with Gasteiger partial charge < -0.3 is 0 Å². The van der Waals surface area contributed by atoms with E-state index < -0.39 is 5.08 Å². The molecule has 0 saturated carbocycles. The molecule has 0 aliphatic heterocycles. The molecule has 0 amide bonds. The van der Waals surface area contributed by atoms with E-state index in [0.29, 0.717) is 5.56 Å². The Bertz CT molecular complexity index is 269. The fourth-order valence-corrected chi connectivity index (χ4v) is 1.43. The van der Waals surface area contributed by atoms with Gasteiger partial charge in [0.15, 0.2) is 5.08 Å². The first-order chi connectivity index (χ1) is 5.91. The molecule has 0 spiro atoms. The van der Waals surface area contributed by atoms with Gasteiger partial charge in [0.25, 0.3) is 0 Å². The number of hydrogen-bond acceptors (Lipinski definition) is 0. The normalized spacial score (nSPS) is 14.2. The van der Waals surface area contributed by atoms with Crippen LogP contribution in [0.2, 0.25) is 0 Å². The highest BCUT2D eigenvalue weighted by molar-refractivity contribution is 9.09. The van der Waals surface area contributed by atoms with Crippen molar-refractivity contribution in [1.82, 2.24) is 0 Å². The zero-order valence-electron chi connectivity index (χ0n) is 8.14. The van der Waals surface area contributed by atoms with Gasteiger partial charge in [0.2, 0.25) is 0 Å². The Morgan fingerprint density at radius 2 is 1.62 bits per heavy atom. The average Bonchev–Trinajstić information content (AvgIpc) is 2.03. The lowest BCUT2D eigenvalue weighted by Crippen LogP contribution is -2.10. The second-order valence-corrected chi connectivity index (χ2v) is 4.98. The minimum atomic E-state index is -1.05. The smallest absolute Gasteiger partial charge is 0.180 e. The van der Waals surface area contributed by atoms with Crippen LogP contribution in [0.15, 0.2) is 24.3 Å². The predicted octanol–water partition coefficient (Wildman–Crippen LogP) is 4.35. The molecule has 0 aliphatic rings. The number of halogens is 2. The summed E-state index contributed by atoms with van der Waals surface area (Å²) in [4.78, 5) is 0. The molecule has 13 heavy (non-hydrogen) atoms. The van der Waals surface area contributed by atoms with Crippen LogP contribution in [0.1, 0.15) is 37.0 Å². The molecule has 0 bridgehead atoms. The molecular weight excluding hydrogens is 231 g/mol. The number of benzene rings is 1. The first-order valence-electron chi connectivity index (χ1n) is 4.30. The van der Waals surface area contributed by atoms with Gasteiger partial charge in [-0.2, -0.15) is 0 Å². The SMILES string of the molecule is CC(C)(C)c1ccc(C(F)Br)cc1. The molecule has 0 saturated heterocycles. The number of alkyl halides is 2. The van der Waals surface area contributed by atoms with Crippen LogP contribution in [-0.2, 0) is 5.41 Å². The highest BCUT2D eigenvalue weighted by Crippen LogP contribution is 2.27. The number of hydrogen-bond donors (Lipinski definition) is 0. The topological polar surface area (TPSA) is 0 Å². The molecule has 1 unspecified atom stereocenters. The van der Waals surface area contributed by atoms with Crippen molar-refractivity contribution in [1.29, 1.82) is 0 Å². The monoisotopic (exact) mass is 244 g/mol. The van der Waals surface area contributed by atoms with E-state index in [1.54, 1.807) is 0 Å². The third-order valence-electron chi connectivity index (χ3n) is 2.03. The maximum atomic E-state index is 12.8. The van der Waals surface area contributed by atoms with Gasteiger partial charge in [0.1, 0.15) is 0 Å². The van der Waals surface area contributed by atoms with Crippen LogP contribution in [-0.4, -0.2) is 0 Å². The summed E-state index contributed by atoms with van der Waals surface area (Å²) in [7, 11) is 0. The second-order valence-electron chi connectivity index (χ2n) is 4.17. The maximum absolute atomic E-state index is 12.8. The van der Waals surface area contributed by atoms with Gasteiger partial charge in [-0.25, -0.2) is 4.39 Å². The van der Waals surface area contributed by atoms with Gasteiger partial charge in [-0.3, -0.25) is 0 Å². The van der Waals surface area contributed by atoms with Crippen LogP contribution in [0.5, 0.6) is 0 Å². The third kappa shape index (κ3) is 2.80. The van der Waals surface area contributed by atoms with Crippen LogP contribution < -0.4 is 0 Å². The quantitative estimate of drug-likeness (QED) is 0.645. The van der Waals surface area contributed by atoms with Gasteiger partial charge in [-0.05, 0) is 32.5 Å². The fourth-order valence-electron chi connectivity index (χ4n) is 1.13. The highest BCUT2D eigenvalue weighted by atomic mass is 79.9. The molecule has 0 aliphatic carbocycles. The molecule has 72 valence electrons. The van der Waals surface area contributed by atoms with E-state index in [1.165, 1.54) is 5.56 Å². The summed E-state index contributed by atoms with van der Waals surface area (Å²) in [6.07, 6.45) is 0. The van der Waals surface area contributed by atoms with Gasteiger partial charge in [0.05, 0.1) is 0 Å². The fraction of sp³-hybridized carbons (Fsp3) is 0.455. The largest absolute Gasteiger partial charge is 0.230 e. The Hall–Kier alpha value is -0.370. The molecule has 0 fully saturated rings. The number of rotatable bonds is 1. The van der Waals surface area contributed by atoms with E-state index in [9.17, 15) is 4.39 Å². The average molecular weight is 245 g/mol. The third-order valence-corrected chi connectivity index (χ3v) is 2.56. The van der Waals surface area contributed by atoms with E-state index in [0.717, 1.165) is 0 Å². The van der Waals surface area contributed by atoms with Crippen molar-refractivity contribution in [3.05, 3.63) is 35.4 Å². The van der Waals surface area contributed by atoms with Crippen LogP contribution >= 0.6 is 15.9 Å². The molecule has 1 atom stereocenters. The molecule has 1 rings (SSSR count). The molecule has 0 radical (unpaired) electrons. The Morgan fingerprint density at radius 3 is 1.92 bits per heavy atom. The molecule has 2 heteroatoms.